The second-order valence-electron chi connectivity index (χ2n) is 5.39. The minimum atomic E-state index is -1.29. The first-order valence-corrected chi connectivity index (χ1v) is 7.34. The summed E-state index contributed by atoms with van der Waals surface area (Å²) in [4.78, 5) is 34.4. The number of carbonyl (C=O) groups is 3. The van der Waals surface area contributed by atoms with Crippen LogP contribution in [0.15, 0.2) is 0 Å². The molecule has 0 bridgehead atoms. The molecule has 0 spiro atoms. The molecule has 0 aliphatic rings. The molecule has 0 heterocycles. The van der Waals surface area contributed by atoms with Crippen LogP contribution < -0.4 is 16.0 Å². The first-order valence-electron chi connectivity index (χ1n) is 7.34. The van der Waals surface area contributed by atoms with Gasteiger partial charge in [-0.3, -0.25) is 4.79 Å². The van der Waals surface area contributed by atoms with Gasteiger partial charge in [0.05, 0.1) is 0 Å². The summed E-state index contributed by atoms with van der Waals surface area (Å²) in [7, 11) is 0. The Bertz CT molecular complexity index is 373. The third kappa shape index (κ3) is 7.53. The minimum absolute atomic E-state index is 0.103. The summed E-state index contributed by atoms with van der Waals surface area (Å²) in [6.45, 7) is 7.35. The zero-order valence-electron chi connectivity index (χ0n) is 13.3. The van der Waals surface area contributed by atoms with E-state index in [-0.39, 0.29) is 24.9 Å². The van der Waals surface area contributed by atoms with Gasteiger partial charge in [-0.05, 0) is 26.7 Å². The van der Waals surface area contributed by atoms with Gasteiger partial charge in [0.15, 0.2) is 0 Å². The van der Waals surface area contributed by atoms with Gasteiger partial charge < -0.3 is 21.1 Å². The van der Waals surface area contributed by atoms with Crippen molar-refractivity contribution < 1.29 is 19.5 Å². The van der Waals surface area contributed by atoms with E-state index in [1.807, 2.05) is 20.8 Å². The third-order valence-corrected chi connectivity index (χ3v) is 3.27. The van der Waals surface area contributed by atoms with Crippen LogP contribution >= 0.6 is 0 Å². The van der Waals surface area contributed by atoms with Crippen molar-refractivity contribution in [3.8, 4) is 0 Å². The quantitative estimate of drug-likeness (QED) is 0.514. The Balaban J connectivity index is 4.15. The average Bonchev–Trinajstić information content (AvgIpc) is 2.38. The topological polar surface area (TPSA) is 108 Å². The van der Waals surface area contributed by atoms with Crippen molar-refractivity contribution in [1.29, 1.82) is 0 Å². The summed E-state index contributed by atoms with van der Waals surface area (Å²) in [5, 5.41) is 16.9. The van der Waals surface area contributed by atoms with Crippen LogP contribution in [-0.4, -0.2) is 41.1 Å². The lowest BCUT2D eigenvalue weighted by Crippen LogP contribution is -2.55. The molecule has 122 valence electrons. The van der Waals surface area contributed by atoms with Crippen molar-refractivity contribution in [2.45, 2.75) is 65.0 Å². The fourth-order valence-corrected chi connectivity index (χ4v) is 1.76. The maximum atomic E-state index is 11.7. The summed E-state index contributed by atoms with van der Waals surface area (Å²) in [5.74, 6) is -1.21. The van der Waals surface area contributed by atoms with E-state index in [9.17, 15) is 14.4 Å². The van der Waals surface area contributed by atoms with Gasteiger partial charge in [-0.15, -0.1) is 0 Å². The molecule has 0 aliphatic carbocycles. The number of urea groups is 1. The summed E-state index contributed by atoms with van der Waals surface area (Å²) in [5.41, 5.74) is -1.29. The van der Waals surface area contributed by atoms with Crippen LogP contribution in [0.3, 0.4) is 0 Å². The number of rotatable bonds is 9. The second-order valence-corrected chi connectivity index (χ2v) is 5.39. The highest BCUT2D eigenvalue weighted by atomic mass is 16.4. The molecule has 2 atom stereocenters. The van der Waals surface area contributed by atoms with Crippen LogP contribution in [0.25, 0.3) is 0 Å². The summed E-state index contributed by atoms with van der Waals surface area (Å²) >= 11 is 0. The van der Waals surface area contributed by atoms with E-state index in [0.717, 1.165) is 6.42 Å². The fourth-order valence-electron chi connectivity index (χ4n) is 1.76. The third-order valence-electron chi connectivity index (χ3n) is 3.27. The lowest BCUT2D eigenvalue weighted by Gasteiger charge is -2.25. The molecule has 21 heavy (non-hydrogen) atoms. The molecule has 3 amide bonds. The first kappa shape index (κ1) is 19.2. The molecule has 0 radical (unpaired) electrons. The molecule has 4 N–H and O–H groups in total. The highest BCUT2D eigenvalue weighted by molar-refractivity contribution is 5.86. The van der Waals surface area contributed by atoms with Gasteiger partial charge in [0.25, 0.3) is 0 Å². The molecular formula is C14H27N3O4. The van der Waals surface area contributed by atoms with E-state index in [0.29, 0.717) is 12.8 Å². The molecule has 0 saturated heterocycles. The maximum Gasteiger partial charge on any atom is 0.329 e. The van der Waals surface area contributed by atoms with Gasteiger partial charge in [-0.25, -0.2) is 9.59 Å². The Morgan fingerprint density at radius 3 is 2.33 bits per heavy atom. The van der Waals surface area contributed by atoms with Crippen LogP contribution in [0.4, 0.5) is 4.79 Å². The largest absolute Gasteiger partial charge is 0.480 e. The van der Waals surface area contributed by atoms with E-state index in [4.69, 9.17) is 5.11 Å². The van der Waals surface area contributed by atoms with E-state index < -0.39 is 17.5 Å². The van der Waals surface area contributed by atoms with Gasteiger partial charge >= 0.3 is 12.0 Å². The molecule has 7 heteroatoms. The Labute approximate surface area is 125 Å². The number of carboxylic acids is 1. The van der Waals surface area contributed by atoms with Gasteiger partial charge in [0, 0.05) is 19.0 Å². The molecule has 7 nitrogen and oxygen atoms in total. The first-order chi connectivity index (χ1) is 9.75. The average molecular weight is 301 g/mol. The Morgan fingerprint density at radius 1 is 1.24 bits per heavy atom. The second kappa shape index (κ2) is 9.20. The van der Waals surface area contributed by atoms with Gasteiger partial charge in [0.1, 0.15) is 5.54 Å². The lowest BCUT2D eigenvalue weighted by atomic mass is 9.97. The van der Waals surface area contributed by atoms with Gasteiger partial charge in [-0.2, -0.15) is 0 Å². The van der Waals surface area contributed by atoms with Crippen LogP contribution in [0.1, 0.15) is 53.4 Å². The zero-order chi connectivity index (χ0) is 16.5. The van der Waals surface area contributed by atoms with Crippen molar-refractivity contribution >= 4 is 17.9 Å². The number of hydrogen-bond acceptors (Lipinski definition) is 3. The normalized spacial score (nSPS) is 14.7. The van der Waals surface area contributed by atoms with Crippen LogP contribution in [0.5, 0.6) is 0 Å². The van der Waals surface area contributed by atoms with E-state index in [1.165, 1.54) is 6.92 Å². The molecule has 0 saturated carbocycles. The molecule has 0 aromatic heterocycles. The summed E-state index contributed by atoms with van der Waals surface area (Å²) in [6.07, 6.45) is 1.98. The van der Waals surface area contributed by atoms with Gasteiger partial charge in [-0.1, -0.05) is 20.3 Å². The lowest BCUT2D eigenvalue weighted by molar-refractivity contribution is -0.144. The Morgan fingerprint density at radius 2 is 1.86 bits per heavy atom. The van der Waals surface area contributed by atoms with Crippen molar-refractivity contribution in [1.82, 2.24) is 16.0 Å². The Hall–Kier alpha value is -1.79. The van der Waals surface area contributed by atoms with E-state index in [2.05, 4.69) is 16.0 Å². The number of amides is 3. The molecular weight excluding hydrogens is 274 g/mol. The van der Waals surface area contributed by atoms with Crippen LogP contribution in [0, 0.1) is 0 Å². The van der Waals surface area contributed by atoms with Gasteiger partial charge in [0.2, 0.25) is 5.91 Å². The maximum absolute atomic E-state index is 11.7. The smallest absolute Gasteiger partial charge is 0.329 e. The van der Waals surface area contributed by atoms with Crippen molar-refractivity contribution in [3.05, 3.63) is 0 Å². The number of aliphatic carboxylic acids is 1. The van der Waals surface area contributed by atoms with Crippen molar-refractivity contribution in [2.75, 3.05) is 6.54 Å². The van der Waals surface area contributed by atoms with Crippen molar-refractivity contribution in [2.24, 2.45) is 0 Å². The minimum Gasteiger partial charge on any atom is -0.480 e. The molecule has 0 rings (SSSR count). The molecule has 0 aromatic carbocycles. The van der Waals surface area contributed by atoms with E-state index in [1.54, 1.807) is 0 Å². The van der Waals surface area contributed by atoms with Crippen LogP contribution in [-0.2, 0) is 9.59 Å². The van der Waals surface area contributed by atoms with Crippen LogP contribution in [0.2, 0.25) is 0 Å². The number of carboxylic acid groups (broad SMARTS) is 1. The van der Waals surface area contributed by atoms with E-state index >= 15 is 0 Å². The fraction of sp³-hybridized carbons (Fsp3) is 0.786. The highest BCUT2D eigenvalue weighted by Gasteiger charge is 2.33. The number of nitrogens with one attached hydrogen (secondary N) is 3. The predicted molar refractivity (Wildman–Crippen MR) is 80.0 cm³/mol. The van der Waals surface area contributed by atoms with Crippen molar-refractivity contribution in [3.63, 3.8) is 0 Å². The molecule has 0 fully saturated rings. The molecule has 0 aliphatic heterocycles. The molecule has 2 unspecified atom stereocenters. The summed E-state index contributed by atoms with van der Waals surface area (Å²) in [6, 6.07) is -0.476. The zero-order valence-corrected chi connectivity index (χ0v) is 13.3. The summed E-state index contributed by atoms with van der Waals surface area (Å²) < 4.78 is 0. The predicted octanol–water partition coefficient (Wildman–Crippen LogP) is 1.23. The number of hydrogen-bond donors (Lipinski definition) is 4. The number of carbonyl (C=O) groups excluding carboxylic acids is 2. The highest BCUT2D eigenvalue weighted by Crippen LogP contribution is 2.12. The SMILES string of the molecule is CCCC(C)(NC(=O)NCCC(=O)NC(C)CC)C(=O)O. The molecule has 0 aromatic rings. The Kier molecular flexibility index (Phi) is 8.42. The standard InChI is InChI=1S/C14H27N3O4/c1-5-8-14(4,12(19)20)17-13(21)15-9-7-11(18)16-10(3)6-2/h10H,5-9H2,1-4H3,(H,16,18)(H,19,20)(H2,15,17,21). The monoisotopic (exact) mass is 301 g/mol.